The van der Waals surface area contributed by atoms with Crippen LogP contribution in [0, 0.1) is 0 Å². The number of ether oxygens (including phenoxy) is 3. The molecule has 3 unspecified atom stereocenters. The smallest absolute Gasteiger partial charge is 0.462 e. The maximum absolute atomic E-state index is 12.9. The summed E-state index contributed by atoms with van der Waals surface area (Å²) < 4.78 is 39.5. The maximum Gasteiger partial charge on any atom is 0.472 e. The molecule has 0 aliphatic rings. The van der Waals surface area contributed by atoms with E-state index in [1.807, 2.05) is 0 Å². The fourth-order valence-electron chi connectivity index (χ4n) is 7.92. The van der Waals surface area contributed by atoms with Crippen molar-refractivity contribution in [3.63, 3.8) is 0 Å². The first-order chi connectivity index (χ1) is 37.2. The molecule has 0 fully saturated rings. The van der Waals surface area contributed by atoms with Crippen LogP contribution < -0.4 is 0 Å². The number of unbranched alkanes of at least 4 members (excludes halogenated alkanes) is 22. The molecule has 0 spiro atoms. The minimum atomic E-state index is -4.76. The van der Waals surface area contributed by atoms with Crippen molar-refractivity contribution in [2.45, 2.75) is 264 Å². The second-order valence-electron chi connectivity index (χ2n) is 19.8. The minimum absolute atomic E-state index is 0.122. The molecule has 3 atom stereocenters. The zero-order chi connectivity index (χ0) is 55.5. The summed E-state index contributed by atoms with van der Waals surface area (Å²) in [7, 11) is -4.76. The predicted molar refractivity (Wildman–Crippen MR) is 316 cm³/mol. The van der Waals surface area contributed by atoms with Crippen LogP contribution >= 0.6 is 7.82 Å². The molecule has 0 aromatic rings. The molecular formula is C64H109O11P. The summed E-state index contributed by atoms with van der Waals surface area (Å²) in [5.74, 6) is -1.52. The van der Waals surface area contributed by atoms with Crippen LogP contribution in [0.3, 0.4) is 0 Å². The number of phosphoric acid groups is 1. The number of aliphatic hydroxyl groups is 1. The molecular weight excluding hydrogens is 976 g/mol. The van der Waals surface area contributed by atoms with Crippen molar-refractivity contribution >= 4 is 25.7 Å². The lowest BCUT2D eigenvalue weighted by Gasteiger charge is -2.21. The second-order valence-corrected chi connectivity index (χ2v) is 21.2. The molecule has 2 N–H and O–H groups in total. The second kappa shape index (κ2) is 57.6. The van der Waals surface area contributed by atoms with E-state index in [2.05, 4.69) is 118 Å². The van der Waals surface area contributed by atoms with Gasteiger partial charge in [0.05, 0.1) is 19.8 Å². The number of hydrogen-bond acceptors (Lipinski definition) is 10. The average Bonchev–Trinajstić information content (AvgIpc) is 3.41. The molecule has 0 aromatic carbocycles. The Morgan fingerprint density at radius 3 is 1.09 bits per heavy atom. The highest BCUT2D eigenvalue weighted by Gasteiger charge is 2.28. The number of hydrogen-bond donors (Lipinski definition) is 2. The topological polar surface area (TPSA) is 155 Å². The molecule has 0 saturated heterocycles. The van der Waals surface area contributed by atoms with Crippen molar-refractivity contribution < 1.29 is 52.2 Å². The minimum Gasteiger partial charge on any atom is -0.462 e. The third-order valence-electron chi connectivity index (χ3n) is 12.5. The zero-order valence-corrected chi connectivity index (χ0v) is 49.1. The van der Waals surface area contributed by atoms with Crippen LogP contribution in [0.4, 0.5) is 0 Å². The van der Waals surface area contributed by atoms with Gasteiger partial charge < -0.3 is 24.2 Å². The molecule has 12 heteroatoms. The van der Waals surface area contributed by atoms with Gasteiger partial charge in [0.15, 0.2) is 6.10 Å². The van der Waals surface area contributed by atoms with Crippen LogP contribution in [-0.4, -0.2) is 66.5 Å². The summed E-state index contributed by atoms with van der Waals surface area (Å²) in [5, 5.41) is 9.81. The van der Waals surface area contributed by atoms with Crippen molar-refractivity contribution in [3.05, 3.63) is 97.2 Å². The molecule has 0 heterocycles. The first kappa shape index (κ1) is 72.4. The van der Waals surface area contributed by atoms with Crippen molar-refractivity contribution in [3.8, 4) is 0 Å². The van der Waals surface area contributed by atoms with Crippen molar-refractivity contribution in [2.75, 3.05) is 26.4 Å². The van der Waals surface area contributed by atoms with Gasteiger partial charge in [0.1, 0.15) is 12.7 Å². The van der Waals surface area contributed by atoms with Gasteiger partial charge in [-0.3, -0.25) is 23.4 Å². The van der Waals surface area contributed by atoms with Crippen LogP contribution in [0.25, 0.3) is 0 Å². The molecule has 76 heavy (non-hydrogen) atoms. The molecule has 436 valence electrons. The number of esters is 3. The van der Waals surface area contributed by atoms with E-state index in [9.17, 15) is 28.9 Å². The van der Waals surface area contributed by atoms with Gasteiger partial charge in [0.2, 0.25) is 0 Å². The Bertz CT molecular complexity index is 1640. The summed E-state index contributed by atoms with van der Waals surface area (Å²) in [6.07, 6.45) is 67.9. The van der Waals surface area contributed by atoms with Crippen LogP contribution in [-0.2, 0) is 42.2 Å². The molecule has 0 bridgehead atoms. The van der Waals surface area contributed by atoms with Crippen molar-refractivity contribution in [1.82, 2.24) is 0 Å². The molecule has 0 amide bonds. The number of carbonyl (C=O) groups is 3. The summed E-state index contributed by atoms with van der Waals surface area (Å²) in [6, 6.07) is 0. The number of rotatable bonds is 55. The Morgan fingerprint density at radius 2 is 0.684 bits per heavy atom. The Kier molecular flexibility index (Phi) is 54.8. The monoisotopic (exact) mass is 1080 g/mol. The van der Waals surface area contributed by atoms with Crippen molar-refractivity contribution in [1.29, 1.82) is 0 Å². The highest BCUT2D eigenvalue weighted by atomic mass is 31.2. The van der Waals surface area contributed by atoms with E-state index in [0.29, 0.717) is 19.3 Å². The molecule has 0 rings (SSSR count). The van der Waals surface area contributed by atoms with Crippen LogP contribution in [0.5, 0.6) is 0 Å². The van der Waals surface area contributed by atoms with Gasteiger partial charge >= 0.3 is 25.7 Å². The molecule has 11 nitrogen and oxygen atoms in total. The number of carbonyl (C=O) groups excluding carboxylic acids is 3. The maximum atomic E-state index is 12.9. The van der Waals surface area contributed by atoms with Gasteiger partial charge in [-0.15, -0.1) is 0 Å². The van der Waals surface area contributed by atoms with Gasteiger partial charge in [0.25, 0.3) is 0 Å². The standard InChI is InChI=1S/C64H109O11P/c1-4-7-10-13-16-19-22-24-26-28-30-32-34-36-39-41-44-47-50-53-62(66)71-57-61(75-64(68)55-52-49-46-43-40-37-35-33-31-29-27-25-23-20-17-14-11-8-5-2)59-73-76(69,70)72-58-60(56-65)74-63(67)54-51-48-45-42-38-21-18-15-12-9-6-3/h8,11,16-17,19-20,24-27,30-33,37,40,60-61,65H,4-7,9-10,12-15,18,21-23,28-29,34-36,38-39,41-59H2,1-3H3,(H,69,70)/b11-8-,19-16-,20-17-,26-24-,27-25-,32-30-,33-31-,40-37-. The predicted octanol–water partition coefficient (Wildman–Crippen LogP) is 18.0. The van der Waals surface area contributed by atoms with Crippen LogP contribution in [0.15, 0.2) is 97.2 Å². The van der Waals surface area contributed by atoms with Gasteiger partial charge in [-0.05, 0) is 103 Å². The Hall–Kier alpha value is -3.60. The SMILES string of the molecule is CC/C=C\C/C=C\C/C=C\C/C=C\C/C=C\CCCCCC(=O)OC(COC(=O)CCCCCCCC/C=C\C/C=C\C/C=C\CCCCC)COP(=O)(O)OCC(CO)OC(=O)CCCCCCCCCCCCC. The van der Waals surface area contributed by atoms with Crippen molar-refractivity contribution in [2.24, 2.45) is 0 Å². The molecule has 0 aliphatic carbocycles. The van der Waals surface area contributed by atoms with E-state index >= 15 is 0 Å². The summed E-state index contributed by atoms with van der Waals surface area (Å²) in [6.45, 7) is 4.45. The van der Waals surface area contributed by atoms with Gasteiger partial charge in [-0.1, -0.05) is 227 Å². The van der Waals surface area contributed by atoms with Gasteiger partial charge in [0, 0.05) is 19.3 Å². The lowest BCUT2D eigenvalue weighted by molar-refractivity contribution is -0.161. The summed E-state index contributed by atoms with van der Waals surface area (Å²) in [4.78, 5) is 48.6. The van der Waals surface area contributed by atoms with E-state index in [1.54, 1.807) is 0 Å². The van der Waals surface area contributed by atoms with Gasteiger partial charge in [-0.25, -0.2) is 4.57 Å². The Labute approximate surface area is 463 Å². The van der Waals surface area contributed by atoms with E-state index < -0.39 is 57.8 Å². The van der Waals surface area contributed by atoms with E-state index in [0.717, 1.165) is 122 Å². The summed E-state index contributed by atoms with van der Waals surface area (Å²) >= 11 is 0. The average molecular weight is 1090 g/mol. The third-order valence-corrected chi connectivity index (χ3v) is 13.4. The first-order valence-electron chi connectivity index (χ1n) is 30.1. The van der Waals surface area contributed by atoms with Gasteiger partial charge in [-0.2, -0.15) is 0 Å². The van der Waals surface area contributed by atoms with E-state index in [-0.39, 0.29) is 25.9 Å². The molecule has 0 radical (unpaired) electrons. The molecule has 0 aromatic heterocycles. The third kappa shape index (κ3) is 55.2. The van der Waals surface area contributed by atoms with Crippen LogP contribution in [0.1, 0.15) is 252 Å². The number of aliphatic hydroxyl groups excluding tert-OH is 1. The molecule has 0 saturated carbocycles. The fourth-order valence-corrected chi connectivity index (χ4v) is 8.70. The fraction of sp³-hybridized carbons (Fsp3) is 0.703. The zero-order valence-electron chi connectivity index (χ0n) is 48.2. The summed E-state index contributed by atoms with van der Waals surface area (Å²) in [5.41, 5.74) is 0. The van der Waals surface area contributed by atoms with Crippen LogP contribution in [0.2, 0.25) is 0 Å². The number of allylic oxidation sites excluding steroid dienone is 16. The highest BCUT2D eigenvalue weighted by molar-refractivity contribution is 7.47. The quantitative estimate of drug-likeness (QED) is 0.0197. The number of phosphoric ester groups is 1. The highest BCUT2D eigenvalue weighted by Crippen LogP contribution is 2.43. The Balaban J connectivity index is 4.81. The largest absolute Gasteiger partial charge is 0.472 e. The van der Waals surface area contributed by atoms with E-state index in [1.165, 1.54) is 70.6 Å². The lowest BCUT2D eigenvalue weighted by Crippen LogP contribution is -2.30. The Morgan fingerprint density at radius 1 is 0.382 bits per heavy atom. The first-order valence-corrected chi connectivity index (χ1v) is 31.6. The molecule has 0 aliphatic heterocycles. The van der Waals surface area contributed by atoms with E-state index in [4.69, 9.17) is 23.3 Å². The normalized spacial score (nSPS) is 14.0. The lowest BCUT2D eigenvalue weighted by atomic mass is 10.1.